The van der Waals surface area contributed by atoms with Crippen LogP contribution in [0.1, 0.15) is 36.4 Å². The molecule has 0 aliphatic heterocycles. The van der Waals surface area contributed by atoms with Crippen molar-refractivity contribution in [3.8, 4) is 0 Å². The highest BCUT2D eigenvalue weighted by atomic mass is 32.2. The van der Waals surface area contributed by atoms with E-state index in [2.05, 4.69) is 27.8 Å². The molecule has 0 spiro atoms. The first-order chi connectivity index (χ1) is 15.4. The van der Waals surface area contributed by atoms with Crippen LogP contribution in [-0.4, -0.2) is 32.3 Å². The van der Waals surface area contributed by atoms with Gasteiger partial charge in [-0.15, -0.1) is 10.2 Å². The molecule has 1 aromatic heterocycles. The second-order valence-corrected chi connectivity index (χ2v) is 8.42. The fourth-order valence-electron chi connectivity index (χ4n) is 3.43. The minimum absolute atomic E-state index is 0.0940. The number of nitrogens with zero attached hydrogens (tertiary/aromatic N) is 3. The van der Waals surface area contributed by atoms with E-state index in [-0.39, 0.29) is 24.0 Å². The summed E-state index contributed by atoms with van der Waals surface area (Å²) in [5.74, 6) is 0.546. The minimum atomic E-state index is -0.151. The number of carbonyl (C=O) groups excluding carboxylic acids is 2. The fraction of sp³-hybridized carbons (Fsp3) is 0.333. The standard InChI is InChI=1S/C24H29N5O2S/c1-5-18-12-9-11-17(4)23(18)26-22(31)15-32-24-28-27-20(29(24)6-2)14-21(30)25-19-13-8-7-10-16(19)3/h7-13H,5-6,14-15H2,1-4H3,(H,25,30)(H,26,31). The Kier molecular flexibility index (Phi) is 8.05. The van der Waals surface area contributed by atoms with Crippen LogP contribution in [0.4, 0.5) is 11.4 Å². The summed E-state index contributed by atoms with van der Waals surface area (Å²) in [4.78, 5) is 25.1. The van der Waals surface area contributed by atoms with Crippen molar-refractivity contribution in [2.45, 2.75) is 52.2 Å². The smallest absolute Gasteiger partial charge is 0.234 e. The molecule has 0 radical (unpaired) electrons. The molecule has 3 rings (SSSR count). The summed E-state index contributed by atoms with van der Waals surface area (Å²) in [5.41, 5.74) is 4.82. The lowest BCUT2D eigenvalue weighted by Crippen LogP contribution is -2.18. The lowest BCUT2D eigenvalue weighted by atomic mass is 10.1. The predicted molar refractivity (Wildman–Crippen MR) is 129 cm³/mol. The van der Waals surface area contributed by atoms with Crippen molar-refractivity contribution in [1.29, 1.82) is 0 Å². The summed E-state index contributed by atoms with van der Waals surface area (Å²) < 4.78 is 1.88. The van der Waals surface area contributed by atoms with Crippen molar-refractivity contribution >= 4 is 35.0 Å². The Balaban J connectivity index is 1.62. The Labute approximate surface area is 193 Å². The molecule has 7 nitrogen and oxygen atoms in total. The van der Waals surface area contributed by atoms with Gasteiger partial charge in [0.15, 0.2) is 5.16 Å². The van der Waals surface area contributed by atoms with Gasteiger partial charge in [0.1, 0.15) is 5.82 Å². The quantitative estimate of drug-likeness (QED) is 0.471. The van der Waals surface area contributed by atoms with Gasteiger partial charge in [0.2, 0.25) is 11.8 Å². The zero-order valence-corrected chi connectivity index (χ0v) is 19.8. The van der Waals surface area contributed by atoms with Crippen molar-refractivity contribution in [3.63, 3.8) is 0 Å². The molecule has 168 valence electrons. The molecule has 0 bridgehead atoms. The van der Waals surface area contributed by atoms with E-state index in [1.807, 2.05) is 67.8 Å². The molecule has 3 aromatic rings. The first-order valence-corrected chi connectivity index (χ1v) is 11.7. The van der Waals surface area contributed by atoms with Crippen LogP contribution in [0.2, 0.25) is 0 Å². The molecule has 0 atom stereocenters. The number of para-hydroxylation sites is 2. The summed E-state index contributed by atoms with van der Waals surface area (Å²) >= 11 is 1.32. The third-order valence-corrected chi connectivity index (χ3v) is 6.15. The van der Waals surface area contributed by atoms with Crippen molar-refractivity contribution in [3.05, 3.63) is 65.0 Å². The van der Waals surface area contributed by atoms with Gasteiger partial charge in [0.25, 0.3) is 0 Å². The Bertz CT molecular complexity index is 1110. The predicted octanol–water partition coefficient (Wildman–Crippen LogP) is 4.39. The first-order valence-electron chi connectivity index (χ1n) is 10.7. The van der Waals surface area contributed by atoms with E-state index >= 15 is 0 Å². The third-order valence-electron chi connectivity index (χ3n) is 5.18. The van der Waals surface area contributed by atoms with Crippen molar-refractivity contribution in [2.75, 3.05) is 16.4 Å². The lowest BCUT2D eigenvalue weighted by molar-refractivity contribution is -0.116. The second kappa shape index (κ2) is 10.9. The van der Waals surface area contributed by atoms with Crippen LogP contribution in [0.25, 0.3) is 0 Å². The average Bonchev–Trinajstić information content (AvgIpc) is 3.16. The Morgan fingerprint density at radius 1 is 0.938 bits per heavy atom. The summed E-state index contributed by atoms with van der Waals surface area (Å²) in [6, 6.07) is 13.7. The number of thioether (sulfide) groups is 1. The third kappa shape index (κ3) is 5.76. The van der Waals surface area contributed by atoms with Crippen LogP contribution in [0.15, 0.2) is 47.6 Å². The van der Waals surface area contributed by atoms with E-state index in [4.69, 9.17) is 0 Å². The molecule has 2 N–H and O–H groups in total. The monoisotopic (exact) mass is 451 g/mol. The largest absolute Gasteiger partial charge is 0.325 e. The van der Waals surface area contributed by atoms with Gasteiger partial charge < -0.3 is 15.2 Å². The molecule has 2 aromatic carbocycles. The molecule has 0 fully saturated rings. The van der Waals surface area contributed by atoms with Gasteiger partial charge in [0.05, 0.1) is 12.2 Å². The van der Waals surface area contributed by atoms with E-state index in [9.17, 15) is 9.59 Å². The summed E-state index contributed by atoms with van der Waals surface area (Å²) in [5, 5.41) is 15.0. The maximum Gasteiger partial charge on any atom is 0.234 e. The zero-order chi connectivity index (χ0) is 23.1. The van der Waals surface area contributed by atoms with Crippen LogP contribution in [-0.2, 0) is 29.0 Å². The van der Waals surface area contributed by atoms with E-state index in [1.165, 1.54) is 11.8 Å². The number of nitrogens with one attached hydrogen (secondary N) is 2. The second-order valence-electron chi connectivity index (χ2n) is 7.48. The van der Waals surface area contributed by atoms with Crippen LogP contribution in [0, 0.1) is 13.8 Å². The number of aromatic nitrogens is 3. The molecule has 0 aliphatic carbocycles. The topological polar surface area (TPSA) is 88.9 Å². The number of aryl methyl sites for hydroxylation is 3. The van der Waals surface area contributed by atoms with E-state index in [0.29, 0.717) is 17.5 Å². The van der Waals surface area contributed by atoms with E-state index in [1.54, 1.807) is 0 Å². The van der Waals surface area contributed by atoms with Crippen LogP contribution in [0.3, 0.4) is 0 Å². The fourth-order valence-corrected chi connectivity index (χ4v) is 4.25. The highest BCUT2D eigenvalue weighted by Crippen LogP contribution is 2.23. The molecular formula is C24H29N5O2S. The van der Waals surface area contributed by atoms with Gasteiger partial charge in [-0.1, -0.05) is 55.1 Å². The van der Waals surface area contributed by atoms with Gasteiger partial charge in [-0.05, 0) is 49.9 Å². The number of hydrogen-bond donors (Lipinski definition) is 2. The molecule has 1 heterocycles. The van der Waals surface area contributed by atoms with E-state index in [0.717, 1.165) is 34.5 Å². The minimum Gasteiger partial charge on any atom is -0.325 e. The maximum absolute atomic E-state index is 12.6. The summed E-state index contributed by atoms with van der Waals surface area (Å²) in [6.07, 6.45) is 0.966. The van der Waals surface area contributed by atoms with Crippen molar-refractivity contribution in [1.82, 2.24) is 14.8 Å². The SMILES string of the molecule is CCc1cccc(C)c1NC(=O)CSc1nnc(CC(=O)Nc2ccccc2C)n1CC. The first kappa shape index (κ1) is 23.5. The molecular weight excluding hydrogens is 422 g/mol. The molecule has 2 amide bonds. The highest BCUT2D eigenvalue weighted by Gasteiger charge is 2.17. The van der Waals surface area contributed by atoms with Crippen LogP contribution >= 0.6 is 11.8 Å². The number of benzene rings is 2. The van der Waals surface area contributed by atoms with Crippen LogP contribution < -0.4 is 10.6 Å². The highest BCUT2D eigenvalue weighted by molar-refractivity contribution is 7.99. The molecule has 0 saturated carbocycles. The van der Waals surface area contributed by atoms with E-state index < -0.39 is 0 Å². The maximum atomic E-state index is 12.6. The Hall–Kier alpha value is -3.13. The Morgan fingerprint density at radius 3 is 2.41 bits per heavy atom. The van der Waals surface area contributed by atoms with Gasteiger partial charge in [0, 0.05) is 17.9 Å². The summed E-state index contributed by atoms with van der Waals surface area (Å²) in [7, 11) is 0. The van der Waals surface area contributed by atoms with Crippen molar-refractivity contribution in [2.24, 2.45) is 0 Å². The van der Waals surface area contributed by atoms with Gasteiger partial charge in [-0.25, -0.2) is 0 Å². The van der Waals surface area contributed by atoms with Crippen LogP contribution in [0.5, 0.6) is 0 Å². The van der Waals surface area contributed by atoms with Gasteiger partial charge in [-0.2, -0.15) is 0 Å². The lowest BCUT2D eigenvalue weighted by Gasteiger charge is -2.13. The number of amides is 2. The van der Waals surface area contributed by atoms with Gasteiger partial charge in [-0.3, -0.25) is 9.59 Å². The molecule has 0 unspecified atom stereocenters. The molecule has 32 heavy (non-hydrogen) atoms. The number of hydrogen-bond acceptors (Lipinski definition) is 5. The zero-order valence-electron chi connectivity index (χ0n) is 18.9. The Morgan fingerprint density at radius 2 is 1.69 bits per heavy atom. The number of rotatable bonds is 9. The molecule has 0 saturated heterocycles. The molecule has 8 heteroatoms. The van der Waals surface area contributed by atoms with Gasteiger partial charge >= 0.3 is 0 Å². The average molecular weight is 452 g/mol. The number of carbonyl (C=O) groups is 2. The van der Waals surface area contributed by atoms with Crippen molar-refractivity contribution < 1.29 is 9.59 Å². The normalized spacial score (nSPS) is 10.8. The number of anilines is 2. The summed E-state index contributed by atoms with van der Waals surface area (Å²) in [6.45, 7) is 8.59. The molecule has 0 aliphatic rings.